The van der Waals surface area contributed by atoms with Gasteiger partial charge in [0, 0.05) is 33.5 Å². The Labute approximate surface area is 135 Å². The van der Waals surface area contributed by atoms with Crippen LogP contribution in [0.3, 0.4) is 0 Å². The van der Waals surface area contributed by atoms with E-state index in [-0.39, 0.29) is 11.7 Å². The molecule has 0 saturated carbocycles. The Morgan fingerprint density at radius 1 is 1.35 bits per heavy atom. The van der Waals surface area contributed by atoms with Crippen LogP contribution in [0.15, 0.2) is 4.52 Å². The van der Waals surface area contributed by atoms with E-state index in [0.717, 1.165) is 32.4 Å². The lowest BCUT2D eigenvalue weighted by atomic mass is 9.95. The third-order valence-electron chi connectivity index (χ3n) is 4.53. The number of ether oxygens (including phenoxy) is 2. The highest BCUT2D eigenvalue weighted by Crippen LogP contribution is 2.32. The molecule has 8 heteroatoms. The maximum Gasteiger partial charge on any atom is 0.410 e. The normalized spacial score (nSPS) is 25.8. The van der Waals surface area contributed by atoms with E-state index in [9.17, 15) is 4.79 Å². The highest BCUT2D eigenvalue weighted by atomic mass is 16.6. The van der Waals surface area contributed by atoms with Gasteiger partial charge in [0.2, 0.25) is 5.89 Å². The lowest BCUT2D eigenvalue weighted by Gasteiger charge is -2.25. The van der Waals surface area contributed by atoms with Crippen molar-refractivity contribution >= 4 is 6.09 Å². The number of methoxy groups -OCH3 is 1. The molecule has 128 valence electrons. The first-order valence-corrected chi connectivity index (χ1v) is 8.07. The predicted molar refractivity (Wildman–Crippen MR) is 80.8 cm³/mol. The van der Waals surface area contributed by atoms with Crippen molar-refractivity contribution < 1.29 is 18.8 Å². The minimum absolute atomic E-state index is 0.210. The summed E-state index contributed by atoms with van der Waals surface area (Å²) < 4.78 is 15.9. The summed E-state index contributed by atoms with van der Waals surface area (Å²) in [6, 6.07) is 0. The molecule has 23 heavy (non-hydrogen) atoms. The molecule has 3 heterocycles. The van der Waals surface area contributed by atoms with Gasteiger partial charge in [-0.1, -0.05) is 5.16 Å². The molecule has 8 nitrogen and oxygen atoms in total. The van der Waals surface area contributed by atoms with E-state index in [0.29, 0.717) is 37.8 Å². The summed E-state index contributed by atoms with van der Waals surface area (Å²) in [5.41, 5.74) is -0.320. The number of carbonyl (C=O) groups excluding carboxylic acids is 1. The zero-order valence-corrected chi connectivity index (χ0v) is 13.8. The molecular weight excluding hydrogens is 300 g/mol. The molecule has 1 aromatic heterocycles. The molecule has 2 aliphatic heterocycles. The minimum Gasteiger partial charge on any atom is -0.441 e. The number of likely N-dealkylation sites (N-methyl/N-ethyl adjacent to an activating group) is 1. The molecule has 0 unspecified atom stereocenters. The third kappa shape index (κ3) is 3.81. The summed E-state index contributed by atoms with van der Waals surface area (Å²) in [6.45, 7) is 3.71. The first-order chi connectivity index (χ1) is 11.1. The standard InChI is InChI=1S/C15H24N4O4/c1-18-11-15(22-14(18)20)5-3-7-19(8-6-15)10-13-16-12(17-23-13)4-9-21-2/h3-11H2,1-2H3/t15-/m1/s1. The summed E-state index contributed by atoms with van der Waals surface area (Å²) in [5.74, 6) is 1.31. The van der Waals surface area contributed by atoms with Gasteiger partial charge in [-0.05, 0) is 19.4 Å². The third-order valence-corrected chi connectivity index (χ3v) is 4.53. The molecule has 2 fully saturated rings. The molecule has 1 aromatic rings. The van der Waals surface area contributed by atoms with Gasteiger partial charge in [-0.2, -0.15) is 4.98 Å². The second-order valence-corrected chi connectivity index (χ2v) is 6.38. The Balaban J connectivity index is 1.54. The Morgan fingerprint density at radius 3 is 2.96 bits per heavy atom. The Bertz CT molecular complexity index is 549. The number of hydrogen-bond acceptors (Lipinski definition) is 7. The van der Waals surface area contributed by atoms with Gasteiger partial charge >= 0.3 is 6.09 Å². The maximum absolute atomic E-state index is 11.7. The number of carbonyl (C=O) groups is 1. The van der Waals surface area contributed by atoms with E-state index in [1.165, 1.54) is 0 Å². The molecule has 2 saturated heterocycles. The highest BCUT2D eigenvalue weighted by Gasteiger charge is 2.44. The second-order valence-electron chi connectivity index (χ2n) is 6.38. The smallest absolute Gasteiger partial charge is 0.410 e. The second kappa shape index (κ2) is 6.84. The van der Waals surface area contributed by atoms with E-state index in [1.807, 2.05) is 0 Å². The number of likely N-dealkylation sites (tertiary alicyclic amines) is 1. The summed E-state index contributed by atoms with van der Waals surface area (Å²) in [4.78, 5) is 20.0. The van der Waals surface area contributed by atoms with Crippen molar-refractivity contribution in [3.8, 4) is 0 Å². The van der Waals surface area contributed by atoms with Crippen molar-refractivity contribution in [3.63, 3.8) is 0 Å². The van der Waals surface area contributed by atoms with E-state index in [2.05, 4.69) is 15.0 Å². The molecule has 0 radical (unpaired) electrons. The van der Waals surface area contributed by atoms with Crippen LogP contribution in [-0.2, 0) is 22.4 Å². The minimum atomic E-state index is -0.320. The summed E-state index contributed by atoms with van der Waals surface area (Å²) >= 11 is 0. The molecule has 0 N–H and O–H groups in total. The molecule has 1 atom stereocenters. The van der Waals surface area contributed by atoms with Crippen molar-refractivity contribution in [2.24, 2.45) is 0 Å². The monoisotopic (exact) mass is 324 g/mol. The molecule has 1 amide bonds. The number of aromatic nitrogens is 2. The fraction of sp³-hybridized carbons (Fsp3) is 0.800. The lowest BCUT2D eigenvalue weighted by Crippen LogP contribution is -2.35. The fourth-order valence-electron chi connectivity index (χ4n) is 3.27. The van der Waals surface area contributed by atoms with Crippen LogP contribution in [0.4, 0.5) is 4.79 Å². The molecule has 1 spiro atoms. The van der Waals surface area contributed by atoms with Crippen molar-refractivity contribution in [2.75, 3.05) is 40.4 Å². The van der Waals surface area contributed by atoms with Crippen molar-refractivity contribution in [1.82, 2.24) is 19.9 Å². The Hall–Kier alpha value is -1.67. The number of rotatable bonds is 5. The summed E-state index contributed by atoms with van der Waals surface area (Å²) in [6.07, 6.45) is 3.19. The lowest BCUT2D eigenvalue weighted by molar-refractivity contribution is 0.0440. The number of hydrogen-bond donors (Lipinski definition) is 0. The molecule has 0 bridgehead atoms. The van der Waals surface area contributed by atoms with E-state index in [1.54, 1.807) is 19.1 Å². The fourth-order valence-corrected chi connectivity index (χ4v) is 3.27. The highest BCUT2D eigenvalue weighted by molar-refractivity contribution is 5.70. The molecular formula is C15H24N4O4. The zero-order valence-electron chi connectivity index (χ0n) is 13.8. The van der Waals surface area contributed by atoms with Gasteiger partial charge in [-0.15, -0.1) is 0 Å². The van der Waals surface area contributed by atoms with Crippen LogP contribution in [0.1, 0.15) is 31.0 Å². The summed E-state index contributed by atoms with van der Waals surface area (Å²) in [5, 5.41) is 3.96. The van der Waals surface area contributed by atoms with Crippen LogP contribution >= 0.6 is 0 Å². The van der Waals surface area contributed by atoms with Crippen molar-refractivity contribution in [3.05, 3.63) is 11.7 Å². The van der Waals surface area contributed by atoms with Crippen LogP contribution in [0, 0.1) is 0 Å². The van der Waals surface area contributed by atoms with Gasteiger partial charge in [0.25, 0.3) is 0 Å². The van der Waals surface area contributed by atoms with E-state index < -0.39 is 0 Å². The average molecular weight is 324 g/mol. The average Bonchev–Trinajstić information content (AvgIpc) is 3.01. The van der Waals surface area contributed by atoms with E-state index >= 15 is 0 Å². The first-order valence-electron chi connectivity index (χ1n) is 8.07. The molecule has 2 aliphatic rings. The largest absolute Gasteiger partial charge is 0.441 e. The zero-order chi connectivity index (χ0) is 16.3. The van der Waals surface area contributed by atoms with Gasteiger partial charge in [0.05, 0.1) is 19.7 Å². The van der Waals surface area contributed by atoms with Crippen LogP contribution in [0.2, 0.25) is 0 Å². The SMILES string of the molecule is COCCc1noc(CN2CCC[C@@]3(CC2)CN(C)C(=O)O3)n1. The summed E-state index contributed by atoms with van der Waals surface area (Å²) in [7, 11) is 3.45. The number of amides is 1. The first kappa shape index (κ1) is 16.2. The number of nitrogens with zero attached hydrogens (tertiary/aromatic N) is 4. The van der Waals surface area contributed by atoms with Gasteiger partial charge < -0.3 is 18.9 Å². The van der Waals surface area contributed by atoms with Crippen molar-refractivity contribution in [2.45, 2.75) is 37.8 Å². The van der Waals surface area contributed by atoms with E-state index in [4.69, 9.17) is 14.0 Å². The van der Waals surface area contributed by atoms with Crippen LogP contribution in [-0.4, -0.2) is 72.0 Å². The van der Waals surface area contributed by atoms with Gasteiger partial charge in [-0.25, -0.2) is 4.79 Å². The van der Waals surface area contributed by atoms with Gasteiger partial charge in [-0.3, -0.25) is 4.90 Å². The predicted octanol–water partition coefficient (Wildman–Crippen LogP) is 1.07. The topological polar surface area (TPSA) is 80.9 Å². The molecule has 3 rings (SSSR count). The molecule has 0 aliphatic carbocycles. The van der Waals surface area contributed by atoms with Crippen LogP contribution in [0.25, 0.3) is 0 Å². The Kier molecular flexibility index (Phi) is 4.82. The molecule has 0 aromatic carbocycles. The van der Waals surface area contributed by atoms with Crippen LogP contribution < -0.4 is 0 Å². The van der Waals surface area contributed by atoms with Gasteiger partial charge in [0.1, 0.15) is 5.60 Å². The maximum atomic E-state index is 11.7. The van der Waals surface area contributed by atoms with Crippen LogP contribution in [0.5, 0.6) is 0 Å². The quantitative estimate of drug-likeness (QED) is 0.801. The van der Waals surface area contributed by atoms with Gasteiger partial charge in [0.15, 0.2) is 5.82 Å². The Morgan fingerprint density at radius 2 is 2.22 bits per heavy atom. The van der Waals surface area contributed by atoms with Crippen molar-refractivity contribution in [1.29, 1.82) is 0 Å².